The van der Waals surface area contributed by atoms with Crippen molar-refractivity contribution in [2.45, 2.75) is 13.3 Å². The van der Waals surface area contributed by atoms with Crippen LogP contribution in [0.5, 0.6) is 0 Å². The third kappa shape index (κ3) is 2.74. The van der Waals surface area contributed by atoms with Gasteiger partial charge in [-0.2, -0.15) is 0 Å². The second-order valence-corrected chi connectivity index (χ2v) is 2.90. The predicted molar refractivity (Wildman–Crippen MR) is 54.2 cm³/mol. The predicted octanol–water partition coefficient (Wildman–Crippen LogP) is 1.17. The number of hydroxylamine groups is 1. The molecule has 0 atom stereocenters. The number of nitrogens with one attached hydrogen (secondary N) is 2. The van der Waals surface area contributed by atoms with Crippen LogP contribution in [0.1, 0.15) is 12.5 Å². The number of benzene rings is 1. The van der Waals surface area contributed by atoms with Crippen LogP contribution < -0.4 is 10.8 Å². The lowest BCUT2D eigenvalue weighted by molar-refractivity contribution is -0.127. The Morgan fingerprint density at radius 3 is 2.79 bits per heavy atom. The fourth-order valence-electron chi connectivity index (χ4n) is 1.22. The summed E-state index contributed by atoms with van der Waals surface area (Å²) < 4.78 is 0. The van der Waals surface area contributed by atoms with Crippen molar-refractivity contribution in [1.82, 2.24) is 5.48 Å². The van der Waals surface area contributed by atoms with E-state index in [0.717, 1.165) is 17.7 Å². The minimum Gasteiger partial charge on any atom is -0.376 e. The van der Waals surface area contributed by atoms with Crippen molar-refractivity contribution in [3.63, 3.8) is 0 Å². The smallest absolute Gasteiger partial charge is 0.262 e. The maximum absolute atomic E-state index is 10.8. The Morgan fingerprint density at radius 2 is 2.14 bits per heavy atom. The summed E-state index contributed by atoms with van der Waals surface area (Å²) in [6.45, 7) is 2.13. The normalized spacial score (nSPS) is 9.57. The zero-order valence-electron chi connectivity index (χ0n) is 8.08. The van der Waals surface area contributed by atoms with Crippen LogP contribution in [0, 0.1) is 0 Å². The SMILES string of the molecule is CCc1ccccc1NCC(=O)NO. The van der Waals surface area contributed by atoms with Gasteiger partial charge in [0, 0.05) is 5.69 Å². The number of hydrogen-bond donors (Lipinski definition) is 3. The topological polar surface area (TPSA) is 61.4 Å². The lowest BCUT2D eigenvalue weighted by atomic mass is 10.1. The number of para-hydroxylation sites is 1. The lowest BCUT2D eigenvalue weighted by Crippen LogP contribution is -2.26. The average Bonchev–Trinajstić information content (AvgIpc) is 2.26. The van der Waals surface area contributed by atoms with Gasteiger partial charge in [0.25, 0.3) is 5.91 Å². The molecule has 0 aliphatic rings. The van der Waals surface area contributed by atoms with E-state index in [2.05, 4.69) is 5.32 Å². The molecule has 1 amide bonds. The van der Waals surface area contributed by atoms with Gasteiger partial charge in [-0.25, -0.2) is 5.48 Å². The molecule has 0 unspecified atom stereocenters. The van der Waals surface area contributed by atoms with Gasteiger partial charge in [-0.15, -0.1) is 0 Å². The van der Waals surface area contributed by atoms with E-state index >= 15 is 0 Å². The number of hydrogen-bond acceptors (Lipinski definition) is 3. The highest BCUT2D eigenvalue weighted by molar-refractivity contribution is 5.79. The van der Waals surface area contributed by atoms with E-state index in [1.54, 1.807) is 5.48 Å². The van der Waals surface area contributed by atoms with Crippen LogP contribution in [0.25, 0.3) is 0 Å². The van der Waals surface area contributed by atoms with Crippen molar-refractivity contribution in [2.24, 2.45) is 0 Å². The third-order valence-corrected chi connectivity index (χ3v) is 1.96. The van der Waals surface area contributed by atoms with E-state index in [0.29, 0.717) is 0 Å². The molecule has 1 aromatic rings. The van der Waals surface area contributed by atoms with Crippen molar-refractivity contribution >= 4 is 11.6 Å². The fraction of sp³-hybridized carbons (Fsp3) is 0.300. The number of amides is 1. The summed E-state index contributed by atoms with van der Waals surface area (Å²) in [5.41, 5.74) is 3.65. The molecule has 0 bridgehead atoms. The molecule has 1 rings (SSSR count). The number of carbonyl (C=O) groups is 1. The standard InChI is InChI=1S/C10H14N2O2/c1-2-8-5-3-4-6-9(8)11-7-10(13)12-14/h3-6,11,14H,2,7H2,1H3,(H,12,13). The molecule has 3 N–H and O–H groups in total. The lowest BCUT2D eigenvalue weighted by Gasteiger charge is -2.09. The summed E-state index contributed by atoms with van der Waals surface area (Å²) in [5.74, 6) is -0.448. The van der Waals surface area contributed by atoms with E-state index in [1.165, 1.54) is 0 Å². The van der Waals surface area contributed by atoms with Crippen LogP contribution in [0.15, 0.2) is 24.3 Å². The molecule has 0 fully saturated rings. The Balaban J connectivity index is 2.61. The van der Waals surface area contributed by atoms with Crippen molar-refractivity contribution in [2.75, 3.05) is 11.9 Å². The molecule has 0 saturated heterocycles. The van der Waals surface area contributed by atoms with Gasteiger partial charge < -0.3 is 5.32 Å². The molecular weight excluding hydrogens is 180 g/mol. The third-order valence-electron chi connectivity index (χ3n) is 1.96. The zero-order chi connectivity index (χ0) is 10.4. The summed E-state index contributed by atoms with van der Waals surface area (Å²) in [6, 6.07) is 7.76. The molecule has 0 aromatic heterocycles. The summed E-state index contributed by atoms with van der Waals surface area (Å²) >= 11 is 0. The number of anilines is 1. The van der Waals surface area contributed by atoms with E-state index < -0.39 is 5.91 Å². The maximum Gasteiger partial charge on any atom is 0.262 e. The van der Waals surface area contributed by atoms with Crippen LogP contribution in [-0.2, 0) is 11.2 Å². The highest BCUT2D eigenvalue weighted by atomic mass is 16.5. The first-order valence-electron chi connectivity index (χ1n) is 4.52. The van der Waals surface area contributed by atoms with Crippen molar-refractivity contribution < 1.29 is 10.0 Å². The molecule has 1 aromatic carbocycles. The van der Waals surface area contributed by atoms with E-state index in [4.69, 9.17) is 5.21 Å². The van der Waals surface area contributed by atoms with Crippen molar-refractivity contribution in [3.05, 3.63) is 29.8 Å². The molecule has 0 saturated carbocycles. The molecule has 76 valence electrons. The van der Waals surface area contributed by atoms with Crippen LogP contribution in [0.4, 0.5) is 5.69 Å². The maximum atomic E-state index is 10.8. The second kappa shape index (κ2) is 5.24. The van der Waals surface area contributed by atoms with Crippen molar-refractivity contribution in [3.8, 4) is 0 Å². The van der Waals surface area contributed by atoms with Gasteiger partial charge in [-0.3, -0.25) is 10.0 Å². The fourth-order valence-corrected chi connectivity index (χ4v) is 1.22. The van der Waals surface area contributed by atoms with Gasteiger partial charge in [0.1, 0.15) is 0 Å². The molecule has 4 nitrogen and oxygen atoms in total. The first-order chi connectivity index (χ1) is 6.77. The minimum atomic E-state index is -0.448. The van der Waals surface area contributed by atoms with Gasteiger partial charge in [0.05, 0.1) is 6.54 Å². The summed E-state index contributed by atoms with van der Waals surface area (Å²) in [6.07, 6.45) is 0.907. The minimum absolute atomic E-state index is 0.0769. The van der Waals surface area contributed by atoms with Crippen LogP contribution >= 0.6 is 0 Å². The first-order valence-corrected chi connectivity index (χ1v) is 4.52. The van der Waals surface area contributed by atoms with E-state index in [1.807, 2.05) is 31.2 Å². The zero-order valence-corrected chi connectivity index (χ0v) is 8.08. The quantitative estimate of drug-likeness (QED) is 0.498. The van der Waals surface area contributed by atoms with Gasteiger partial charge in [0.2, 0.25) is 0 Å². The molecule has 0 aliphatic carbocycles. The Morgan fingerprint density at radius 1 is 1.43 bits per heavy atom. The van der Waals surface area contributed by atoms with Gasteiger partial charge in [-0.05, 0) is 18.1 Å². The molecule has 14 heavy (non-hydrogen) atoms. The highest BCUT2D eigenvalue weighted by Crippen LogP contribution is 2.14. The molecular formula is C10H14N2O2. The Bertz CT molecular complexity index is 313. The molecule has 0 spiro atoms. The molecule has 0 radical (unpaired) electrons. The number of aryl methyl sites for hydroxylation is 1. The molecule has 4 heteroatoms. The Kier molecular flexibility index (Phi) is 3.94. The van der Waals surface area contributed by atoms with Crippen LogP contribution in [0.3, 0.4) is 0 Å². The van der Waals surface area contributed by atoms with E-state index in [-0.39, 0.29) is 6.54 Å². The highest BCUT2D eigenvalue weighted by Gasteiger charge is 2.01. The summed E-state index contributed by atoms with van der Waals surface area (Å²) in [4.78, 5) is 10.8. The van der Waals surface area contributed by atoms with Crippen LogP contribution in [-0.4, -0.2) is 17.7 Å². The summed E-state index contributed by atoms with van der Waals surface area (Å²) in [5, 5.41) is 11.2. The van der Waals surface area contributed by atoms with Gasteiger partial charge >= 0.3 is 0 Å². The van der Waals surface area contributed by atoms with E-state index in [9.17, 15) is 4.79 Å². The monoisotopic (exact) mass is 194 g/mol. The number of carbonyl (C=O) groups excluding carboxylic acids is 1. The summed E-state index contributed by atoms with van der Waals surface area (Å²) in [7, 11) is 0. The largest absolute Gasteiger partial charge is 0.376 e. The van der Waals surface area contributed by atoms with Gasteiger partial charge in [-0.1, -0.05) is 25.1 Å². The Labute approximate surface area is 82.9 Å². The van der Waals surface area contributed by atoms with Gasteiger partial charge in [0.15, 0.2) is 0 Å². The molecule has 0 heterocycles. The van der Waals surface area contributed by atoms with Crippen LogP contribution in [0.2, 0.25) is 0 Å². The molecule has 0 aliphatic heterocycles. The number of rotatable bonds is 4. The van der Waals surface area contributed by atoms with Crippen molar-refractivity contribution in [1.29, 1.82) is 0 Å². The Hall–Kier alpha value is -1.55. The average molecular weight is 194 g/mol. The second-order valence-electron chi connectivity index (χ2n) is 2.90. The first kappa shape index (κ1) is 10.5.